The topological polar surface area (TPSA) is 72.9 Å². The molecule has 0 fully saturated rings. The number of nitrogens with zero attached hydrogens (tertiary/aromatic N) is 4. The van der Waals surface area contributed by atoms with Gasteiger partial charge in [0.05, 0.1) is 28.7 Å². The average Bonchev–Trinajstić information content (AvgIpc) is 2.99. The third kappa shape index (κ3) is 2.27. The molecule has 0 saturated heterocycles. The van der Waals surface area contributed by atoms with Crippen LogP contribution in [-0.4, -0.2) is 36.2 Å². The fourth-order valence-electron chi connectivity index (χ4n) is 2.00. The van der Waals surface area contributed by atoms with Crippen molar-refractivity contribution in [2.24, 2.45) is 7.05 Å². The molecule has 0 radical (unpaired) electrons. The standard InChI is InChI=1S/C13H12N4O2S/c1-16-7-9(6-14-16)17-11-5-3-2-4-10(11)15-13(17)20-8-12(18)19/h2-7H,8H2,1H3,(H,18,19). The third-order valence-corrected chi connectivity index (χ3v) is 3.73. The largest absolute Gasteiger partial charge is 0.481 e. The van der Waals surface area contributed by atoms with Gasteiger partial charge in [-0.15, -0.1) is 0 Å². The van der Waals surface area contributed by atoms with Gasteiger partial charge >= 0.3 is 5.97 Å². The van der Waals surface area contributed by atoms with Crippen LogP contribution in [0.4, 0.5) is 0 Å². The van der Waals surface area contributed by atoms with Crippen molar-refractivity contribution in [1.29, 1.82) is 0 Å². The van der Waals surface area contributed by atoms with Gasteiger partial charge < -0.3 is 5.11 Å². The van der Waals surface area contributed by atoms with E-state index in [-0.39, 0.29) is 5.75 Å². The van der Waals surface area contributed by atoms with Crippen molar-refractivity contribution in [2.45, 2.75) is 5.16 Å². The number of fused-ring (bicyclic) bond motifs is 1. The number of para-hydroxylation sites is 2. The molecule has 0 aliphatic carbocycles. The minimum absolute atomic E-state index is 0.0242. The van der Waals surface area contributed by atoms with Crippen LogP contribution < -0.4 is 0 Å². The summed E-state index contributed by atoms with van der Waals surface area (Å²) in [6.07, 6.45) is 3.61. The third-order valence-electron chi connectivity index (χ3n) is 2.80. The number of benzene rings is 1. The molecule has 6 nitrogen and oxygen atoms in total. The Kier molecular flexibility index (Phi) is 3.19. The van der Waals surface area contributed by atoms with Gasteiger partial charge in [0.15, 0.2) is 5.16 Å². The molecular formula is C13H12N4O2S. The smallest absolute Gasteiger partial charge is 0.313 e. The van der Waals surface area contributed by atoms with Crippen LogP contribution in [0.3, 0.4) is 0 Å². The van der Waals surface area contributed by atoms with E-state index in [0.717, 1.165) is 16.7 Å². The van der Waals surface area contributed by atoms with Gasteiger partial charge in [-0.3, -0.25) is 14.0 Å². The monoisotopic (exact) mass is 288 g/mol. The summed E-state index contributed by atoms with van der Waals surface area (Å²) in [5, 5.41) is 13.7. The highest BCUT2D eigenvalue weighted by molar-refractivity contribution is 7.99. The Balaban J connectivity index is 2.15. The summed E-state index contributed by atoms with van der Waals surface area (Å²) < 4.78 is 3.63. The van der Waals surface area contributed by atoms with E-state index in [4.69, 9.17) is 5.11 Å². The van der Waals surface area contributed by atoms with E-state index in [9.17, 15) is 4.79 Å². The molecule has 0 amide bonds. The van der Waals surface area contributed by atoms with E-state index >= 15 is 0 Å². The fourth-order valence-corrected chi connectivity index (χ4v) is 2.75. The zero-order valence-corrected chi connectivity index (χ0v) is 11.5. The Morgan fingerprint density at radius 3 is 2.90 bits per heavy atom. The molecule has 0 bridgehead atoms. The molecule has 0 saturated carbocycles. The first kappa shape index (κ1) is 12.7. The van der Waals surface area contributed by atoms with Gasteiger partial charge in [-0.1, -0.05) is 23.9 Å². The van der Waals surface area contributed by atoms with Gasteiger partial charge in [0, 0.05) is 13.2 Å². The molecule has 3 rings (SSSR count). The highest BCUT2D eigenvalue weighted by Gasteiger charge is 2.14. The number of imidazole rings is 1. The Morgan fingerprint density at radius 2 is 2.20 bits per heavy atom. The second kappa shape index (κ2) is 5.01. The van der Waals surface area contributed by atoms with Gasteiger partial charge in [-0.2, -0.15) is 5.10 Å². The van der Waals surface area contributed by atoms with Crippen LogP contribution in [0.15, 0.2) is 41.8 Å². The van der Waals surface area contributed by atoms with Crippen LogP contribution in [-0.2, 0) is 11.8 Å². The van der Waals surface area contributed by atoms with Crippen molar-refractivity contribution >= 4 is 28.8 Å². The van der Waals surface area contributed by atoms with E-state index in [2.05, 4.69) is 10.1 Å². The highest BCUT2D eigenvalue weighted by Crippen LogP contribution is 2.27. The summed E-state index contributed by atoms with van der Waals surface area (Å²) in [4.78, 5) is 15.3. The van der Waals surface area contributed by atoms with Gasteiger partial charge in [0.2, 0.25) is 0 Å². The maximum absolute atomic E-state index is 10.8. The van der Waals surface area contributed by atoms with E-state index in [1.807, 2.05) is 42.1 Å². The summed E-state index contributed by atoms with van der Waals surface area (Å²) in [5.74, 6) is -0.886. The number of aryl methyl sites for hydroxylation is 1. The van der Waals surface area contributed by atoms with Crippen LogP contribution in [0.25, 0.3) is 16.7 Å². The highest BCUT2D eigenvalue weighted by atomic mass is 32.2. The Morgan fingerprint density at radius 1 is 1.40 bits per heavy atom. The number of hydrogen-bond acceptors (Lipinski definition) is 4. The summed E-state index contributed by atoms with van der Waals surface area (Å²) in [6.45, 7) is 0. The molecule has 2 heterocycles. The normalized spacial score (nSPS) is 11.1. The van der Waals surface area contributed by atoms with Gasteiger partial charge in [0.25, 0.3) is 0 Å². The molecule has 0 aliphatic heterocycles. The van der Waals surface area contributed by atoms with Gasteiger partial charge in [0.1, 0.15) is 0 Å². The van der Waals surface area contributed by atoms with Crippen LogP contribution in [0, 0.1) is 0 Å². The molecule has 0 unspecified atom stereocenters. The quantitative estimate of drug-likeness (QED) is 0.743. The molecule has 102 valence electrons. The number of rotatable bonds is 4. The molecule has 0 atom stereocenters. The second-order valence-electron chi connectivity index (χ2n) is 4.27. The summed E-state index contributed by atoms with van der Waals surface area (Å²) in [5.41, 5.74) is 2.65. The minimum atomic E-state index is -0.861. The van der Waals surface area contributed by atoms with E-state index in [1.54, 1.807) is 10.9 Å². The predicted octanol–water partition coefficient (Wildman–Crippen LogP) is 1.94. The molecule has 1 N–H and O–H groups in total. The van der Waals surface area contributed by atoms with Crippen LogP contribution in [0.2, 0.25) is 0 Å². The molecular weight excluding hydrogens is 276 g/mol. The Labute approximate surface area is 119 Å². The summed E-state index contributed by atoms with van der Waals surface area (Å²) >= 11 is 1.20. The summed E-state index contributed by atoms with van der Waals surface area (Å²) in [7, 11) is 1.84. The molecule has 20 heavy (non-hydrogen) atoms. The second-order valence-corrected chi connectivity index (χ2v) is 5.22. The first-order valence-corrected chi connectivity index (χ1v) is 6.95. The van der Waals surface area contributed by atoms with Crippen molar-refractivity contribution < 1.29 is 9.90 Å². The van der Waals surface area contributed by atoms with Crippen molar-refractivity contribution in [1.82, 2.24) is 19.3 Å². The summed E-state index contributed by atoms with van der Waals surface area (Å²) in [6, 6.07) is 7.71. The maximum Gasteiger partial charge on any atom is 0.313 e. The zero-order chi connectivity index (χ0) is 14.1. The lowest BCUT2D eigenvalue weighted by Crippen LogP contribution is -2.01. The minimum Gasteiger partial charge on any atom is -0.481 e. The van der Waals surface area contributed by atoms with Gasteiger partial charge in [-0.25, -0.2) is 4.98 Å². The molecule has 0 aliphatic rings. The number of hydrogen-bond donors (Lipinski definition) is 1. The van der Waals surface area contributed by atoms with Crippen LogP contribution >= 0.6 is 11.8 Å². The first-order valence-electron chi connectivity index (χ1n) is 5.96. The number of carboxylic acid groups (broad SMARTS) is 1. The predicted molar refractivity (Wildman–Crippen MR) is 76.2 cm³/mol. The van der Waals surface area contributed by atoms with E-state index < -0.39 is 5.97 Å². The fraction of sp³-hybridized carbons (Fsp3) is 0.154. The SMILES string of the molecule is Cn1cc(-n2c(SCC(=O)O)nc3ccccc32)cn1. The first-order chi connectivity index (χ1) is 9.65. The zero-order valence-electron chi connectivity index (χ0n) is 10.7. The van der Waals surface area contributed by atoms with E-state index in [1.165, 1.54) is 11.8 Å². The molecule has 1 aromatic carbocycles. The van der Waals surface area contributed by atoms with Gasteiger partial charge in [-0.05, 0) is 12.1 Å². The number of aliphatic carboxylic acids is 1. The molecule has 2 aromatic heterocycles. The van der Waals surface area contributed by atoms with Crippen molar-refractivity contribution in [2.75, 3.05) is 5.75 Å². The lowest BCUT2D eigenvalue weighted by molar-refractivity contribution is -0.133. The van der Waals surface area contributed by atoms with Crippen LogP contribution in [0.5, 0.6) is 0 Å². The lowest BCUT2D eigenvalue weighted by Gasteiger charge is -2.04. The van der Waals surface area contributed by atoms with Crippen LogP contribution in [0.1, 0.15) is 0 Å². The number of thioether (sulfide) groups is 1. The molecule has 7 heteroatoms. The van der Waals surface area contributed by atoms with Crippen molar-refractivity contribution in [3.8, 4) is 5.69 Å². The molecule has 0 spiro atoms. The lowest BCUT2D eigenvalue weighted by atomic mass is 10.3. The van der Waals surface area contributed by atoms with E-state index in [0.29, 0.717) is 5.16 Å². The van der Waals surface area contributed by atoms with Crippen molar-refractivity contribution in [3.63, 3.8) is 0 Å². The van der Waals surface area contributed by atoms with Crippen molar-refractivity contribution in [3.05, 3.63) is 36.7 Å². The molecule has 3 aromatic rings. The Hall–Kier alpha value is -2.28. The number of aromatic nitrogens is 4. The number of carbonyl (C=O) groups is 1. The number of carboxylic acids is 1. The average molecular weight is 288 g/mol. The maximum atomic E-state index is 10.8. The Bertz CT molecular complexity index is 778.